The zero-order chi connectivity index (χ0) is 13.1. The molecular formula is C12H8O4S2. The van der Waals surface area contributed by atoms with Crippen LogP contribution in [-0.2, 0) is 0 Å². The maximum Gasteiger partial charge on any atom is 0.346 e. The third-order valence-corrected chi connectivity index (χ3v) is 4.03. The lowest BCUT2D eigenvalue weighted by molar-refractivity contribution is 0.0691. The van der Waals surface area contributed by atoms with E-state index < -0.39 is 11.9 Å². The van der Waals surface area contributed by atoms with E-state index in [4.69, 9.17) is 10.2 Å². The van der Waals surface area contributed by atoms with E-state index in [0.717, 1.165) is 28.2 Å². The van der Waals surface area contributed by atoms with Crippen molar-refractivity contribution in [3.05, 3.63) is 43.8 Å². The van der Waals surface area contributed by atoms with E-state index in [1.165, 1.54) is 0 Å². The summed E-state index contributed by atoms with van der Waals surface area (Å²) in [6.45, 7) is 0. The topological polar surface area (TPSA) is 74.6 Å². The van der Waals surface area contributed by atoms with Crippen molar-refractivity contribution in [2.24, 2.45) is 0 Å². The lowest BCUT2D eigenvalue weighted by atomic mass is 10.2. The smallest absolute Gasteiger partial charge is 0.346 e. The molecule has 0 aliphatic carbocycles. The Balaban J connectivity index is 2.22. The van der Waals surface area contributed by atoms with Gasteiger partial charge in [-0.3, -0.25) is 0 Å². The highest BCUT2D eigenvalue weighted by Gasteiger charge is 2.09. The van der Waals surface area contributed by atoms with Crippen LogP contribution in [-0.4, -0.2) is 22.2 Å². The molecule has 0 spiro atoms. The summed E-state index contributed by atoms with van der Waals surface area (Å²) in [5.74, 6) is -1.91. The second-order valence-electron chi connectivity index (χ2n) is 3.39. The molecule has 0 unspecified atom stereocenters. The standard InChI is InChI=1S/C12H8O4S2/c13-11(14)9-5-7(6-18-9)1-2-8-3-4-17-10(8)12(15)16/h1-6H,(H,13,14)(H,15,16)/b2-1-. The van der Waals surface area contributed by atoms with Crippen LogP contribution in [0, 0.1) is 0 Å². The summed E-state index contributed by atoms with van der Waals surface area (Å²) in [5.41, 5.74) is 1.37. The van der Waals surface area contributed by atoms with Gasteiger partial charge in [0.25, 0.3) is 0 Å². The largest absolute Gasteiger partial charge is 0.477 e. The van der Waals surface area contributed by atoms with Crippen LogP contribution in [0.3, 0.4) is 0 Å². The van der Waals surface area contributed by atoms with E-state index in [2.05, 4.69) is 0 Å². The molecule has 0 aliphatic rings. The summed E-state index contributed by atoms with van der Waals surface area (Å²) in [6, 6.07) is 3.27. The fraction of sp³-hybridized carbons (Fsp3) is 0. The van der Waals surface area contributed by atoms with E-state index in [9.17, 15) is 9.59 Å². The Bertz CT molecular complexity index is 622. The van der Waals surface area contributed by atoms with Gasteiger partial charge in [-0.1, -0.05) is 12.2 Å². The molecule has 92 valence electrons. The summed E-state index contributed by atoms with van der Waals surface area (Å²) in [4.78, 5) is 22.1. The van der Waals surface area contributed by atoms with Crippen LogP contribution in [0.2, 0.25) is 0 Å². The van der Waals surface area contributed by atoms with Gasteiger partial charge in [0.05, 0.1) is 0 Å². The molecule has 0 amide bonds. The van der Waals surface area contributed by atoms with Crippen molar-refractivity contribution in [3.63, 3.8) is 0 Å². The normalized spacial score (nSPS) is 10.9. The summed E-state index contributed by atoms with van der Waals surface area (Å²) < 4.78 is 0. The average Bonchev–Trinajstić information content (AvgIpc) is 2.95. The number of carboxylic acid groups (broad SMARTS) is 2. The molecule has 4 nitrogen and oxygen atoms in total. The van der Waals surface area contributed by atoms with Gasteiger partial charge >= 0.3 is 11.9 Å². The third kappa shape index (κ3) is 2.66. The maximum atomic E-state index is 10.9. The van der Waals surface area contributed by atoms with Crippen molar-refractivity contribution in [1.82, 2.24) is 0 Å². The highest BCUT2D eigenvalue weighted by atomic mass is 32.1. The second-order valence-corrected chi connectivity index (χ2v) is 5.22. The summed E-state index contributed by atoms with van der Waals surface area (Å²) in [7, 11) is 0. The summed E-state index contributed by atoms with van der Waals surface area (Å²) >= 11 is 2.30. The molecule has 2 rings (SSSR count). The number of carboxylic acids is 2. The Morgan fingerprint density at radius 3 is 2.50 bits per heavy atom. The van der Waals surface area contributed by atoms with Gasteiger partial charge in [-0.25, -0.2) is 9.59 Å². The highest BCUT2D eigenvalue weighted by molar-refractivity contribution is 7.12. The molecule has 0 saturated carbocycles. The lowest BCUT2D eigenvalue weighted by Crippen LogP contribution is -1.93. The molecule has 0 aliphatic heterocycles. The average molecular weight is 280 g/mol. The zero-order valence-corrected chi connectivity index (χ0v) is 10.6. The van der Waals surface area contributed by atoms with Gasteiger partial charge in [-0.2, -0.15) is 0 Å². The Labute approximate surface area is 110 Å². The number of hydrogen-bond donors (Lipinski definition) is 2. The molecular weight excluding hydrogens is 272 g/mol. The quantitative estimate of drug-likeness (QED) is 0.900. The Kier molecular flexibility index (Phi) is 3.59. The number of hydrogen-bond acceptors (Lipinski definition) is 4. The predicted octanol–water partition coefficient (Wildman–Crippen LogP) is 3.38. The monoisotopic (exact) mass is 280 g/mol. The third-order valence-electron chi connectivity index (χ3n) is 2.18. The molecule has 18 heavy (non-hydrogen) atoms. The molecule has 0 aromatic carbocycles. The van der Waals surface area contributed by atoms with Gasteiger partial charge in [-0.05, 0) is 34.0 Å². The van der Waals surface area contributed by atoms with Crippen molar-refractivity contribution in [3.8, 4) is 0 Å². The molecule has 2 heterocycles. The van der Waals surface area contributed by atoms with Gasteiger partial charge < -0.3 is 10.2 Å². The lowest BCUT2D eigenvalue weighted by Gasteiger charge is -1.91. The minimum absolute atomic E-state index is 0.262. The molecule has 0 saturated heterocycles. The van der Waals surface area contributed by atoms with Crippen LogP contribution < -0.4 is 0 Å². The van der Waals surface area contributed by atoms with Crippen LogP contribution in [0.25, 0.3) is 12.2 Å². The van der Waals surface area contributed by atoms with Crippen molar-refractivity contribution >= 4 is 46.8 Å². The second kappa shape index (κ2) is 5.16. The molecule has 2 N–H and O–H groups in total. The predicted molar refractivity (Wildman–Crippen MR) is 71.5 cm³/mol. The van der Waals surface area contributed by atoms with Crippen LogP contribution >= 0.6 is 22.7 Å². The summed E-state index contributed by atoms with van der Waals surface area (Å²) in [5, 5.41) is 21.1. The Hall–Kier alpha value is -1.92. The first-order valence-corrected chi connectivity index (χ1v) is 6.64. The van der Waals surface area contributed by atoms with Gasteiger partial charge in [0.1, 0.15) is 9.75 Å². The maximum absolute atomic E-state index is 10.9. The van der Waals surface area contributed by atoms with Crippen molar-refractivity contribution in [2.75, 3.05) is 0 Å². The Morgan fingerprint density at radius 2 is 1.89 bits per heavy atom. The molecule has 0 atom stereocenters. The van der Waals surface area contributed by atoms with Crippen LogP contribution in [0.15, 0.2) is 22.9 Å². The number of carbonyl (C=O) groups is 2. The van der Waals surface area contributed by atoms with Crippen LogP contribution in [0.1, 0.15) is 30.5 Å². The van der Waals surface area contributed by atoms with Crippen LogP contribution in [0.5, 0.6) is 0 Å². The van der Waals surface area contributed by atoms with Gasteiger partial charge in [-0.15, -0.1) is 22.7 Å². The van der Waals surface area contributed by atoms with Gasteiger partial charge in [0.15, 0.2) is 0 Å². The molecule has 2 aromatic heterocycles. The Morgan fingerprint density at radius 1 is 1.11 bits per heavy atom. The van der Waals surface area contributed by atoms with Gasteiger partial charge in [0, 0.05) is 0 Å². The number of aromatic carboxylic acids is 2. The fourth-order valence-electron chi connectivity index (χ4n) is 1.36. The first-order chi connectivity index (χ1) is 8.58. The molecule has 0 fully saturated rings. The van der Waals surface area contributed by atoms with Gasteiger partial charge in [0.2, 0.25) is 0 Å². The van der Waals surface area contributed by atoms with E-state index >= 15 is 0 Å². The molecule has 2 aromatic rings. The number of thiophene rings is 2. The van der Waals surface area contributed by atoms with Crippen molar-refractivity contribution in [1.29, 1.82) is 0 Å². The zero-order valence-electron chi connectivity index (χ0n) is 8.99. The first kappa shape index (κ1) is 12.5. The molecule has 0 radical (unpaired) electrons. The van der Waals surface area contributed by atoms with E-state index in [1.54, 1.807) is 35.0 Å². The summed E-state index contributed by atoms with van der Waals surface area (Å²) in [6.07, 6.45) is 3.38. The number of rotatable bonds is 4. The van der Waals surface area contributed by atoms with Crippen molar-refractivity contribution < 1.29 is 19.8 Å². The first-order valence-electron chi connectivity index (χ1n) is 4.88. The van der Waals surface area contributed by atoms with E-state index in [1.807, 2.05) is 0 Å². The van der Waals surface area contributed by atoms with Crippen molar-refractivity contribution in [2.45, 2.75) is 0 Å². The fourth-order valence-corrected chi connectivity index (χ4v) is 2.80. The minimum Gasteiger partial charge on any atom is -0.477 e. The van der Waals surface area contributed by atoms with Crippen LogP contribution in [0.4, 0.5) is 0 Å². The minimum atomic E-state index is -0.957. The highest BCUT2D eigenvalue weighted by Crippen LogP contribution is 2.21. The molecule has 6 heteroatoms. The molecule has 0 bridgehead atoms. The van der Waals surface area contributed by atoms with E-state index in [-0.39, 0.29) is 9.75 Å². The SMILES string of the molecule is O=C(O)c1cc(/C=C\c2ccsc2C(=O)O)cs1. The van der Waals surface area contributed by atoms with E-state index in [0.29, 0.717) is 5.56 Å².